The van der Waals surface area contributed by atoms with Gasteiger partial charge in [-0.1, -0.05) is 12.1 Å². The van der Waals surface area contributed by atoms with Gasteiger partial charge < -0.3 is 14.2 Å². The zero-order chi connectivity index (χ0) is 19.1. The molecule has 0 aliphatic rings. The number of ether oxygens (including phenoxy) is 3. The van der Waals surface area contributed by atoms with Crippen LogP contribution in [0.1, 0.15) is 16.7 Å². The lowest BCUT2D eigenvalue weighted by Gasteiger charge is -2.11. The fourth-order valence-corrected chi connectivity index (χ4v) is 2.12. The minimum atomic E-state index is -0.588. The van der Waals surface area contributed by atoms with Gasteiger partial charge in [-0.05, 0) is 54.8 Å². The Hall–Kier alpha value is -3.35. The van der Waals surface area contributed by atoms with E-state index in [0.717, 1.165) is 17.3 Å². The third kappa shape index (κ3) is 5.34. The van der Waals surface area contributed by atoms with Crippen LogP contribution < -0.4 is 14.2 Å². The summed E-state index contributed by atoms with van der Waals surface area (Å²) in [5.74, 6) is 0.488. The normalized spacial score (nSPS) is 10.6. The van der Waals surface area contributed by atoms with Gasteiger partial charge in [-0.25, -0.2) is 4.79 Å². The third-order valence-electron chi connectivity index (χ3n) is 3.64. The maximum Gasteiger partial charge on any atom is 0.349 e. The van der Waals surface area contributed by atoms with Gasteiger partial charge in [0.1, 0.15) is 5.75 Å². The van der Waals surface area contributed by atoms with E-state index in [0.29, 0.717) is 11.3 Å². The second kappa shape index (κ2) is 8.66. The maximum absolute atomic E-state index is 12.0. The summed E-state index contributed by atoms with van der Waals surface area (Å²) in [6.07, 6.45) is 2.13. The lowest BCUT2D eigenvalue weighted by molar-refractivity contribution is -0.400. The summed E-state index contributed by atoms with van der Waals surface area (Å²) in [6, 6.07) is 10.2. The van der Waals surface area contributed by atoms with Crippen molar-refractivity contribution < 1.29 is 23.9 Å². The Morgan fingerprint density at radius 3 is 2.54 bits per heavy atom. The van der Waals surface area contributed by atoms with Crippen LogP contribution in [-0.2, 0) is 4.79 Å². The van der Waals surface area contributed by atoms with Crippen LogP contribution >= 0.6 is 0 Å². The largest absolute Gasteiger partial charge is 0.493 e. The number of esters is 1. The quantitative estimate of drug-likeness (QED) is 0.326. The van der Waals surface area contributed by atoms with Gasteiger partial charge in [-0.3, -0.25) is 10.1 Å². The molecule has 0 atom stereocenters. The van der Waals surface area contributed by atoms with E-state index in [1.807, 2.05) is 26.0 Å². The minimum absolute atomic E-state index is 0.208. The van der Waals surface area contributed by atoms with E-state index in [4.69, 9.17) is 14.2 Å². The summed E-state index contributed by atoms with van der Waals surface area (Å²) in [5, 5.41) is 10.4. The predicted octanol–water partition coefficient (Wildman–Crippen LogP) is 3.54. The van der Waals surface area contributed by atoms with E-state index in [9.17, 15) is 14.9 Å². The Labute approximate surface area is 151 Å². The van der Waals surface area contributed by atoms with Crippen LogP contribution in [0.5, 0.6) is 17.2 Å². The Kier molecular flexibility index (Phi) is 6.32. The highest BCUT2D eigenvalue weighted by atomic mass is 16.6. The standard InChI is InChI=1S/C19H19NO6/c1-13-4-6-16(10-14(13)2)25-12-19(21)26-17-7-5-15(8-9-20(22)23)11-18(17)24-3/h4-11H,12H2,1-3H3/b9-8+. The number of hydrogen-bond donors (Lipinski definition) is 0. The van der Waals surface area contributed by atoms with Gasteiger partial charge in [0.05, 0.1) is 12.0 Å². The highest BCUT2D eigenvalue weighted by Gasteiger charge is 2.12. The lowest BCUT2D eigenvalue weighted by atomic mass is 10.1. The molecule has 0 unspecified atom stereocenters. The van der Waals surface area contributed by atoms with Crippen LogP contribution in [0.3, 0.4) is 0 Å². The summed E-state index contributed by atoms with van der Waals surface area (Å²) in [5.41, 5.74) is 2.75. The lowest BCUT2D eigenvalue weighted by Crippen LogP contribution is -2.18. The van der Waals surface area contributed by atoms with Gasteiger partial charge in [0, 0.05) is 6.08 Å². The Bertz CT molecular complexity index is 844. The van der Waals surface area contributed by atoms with Crippen molar-refractivity contribution in [3.63, 3.8) is 0 Å². The average Bonchev–Trinajstić information content (AvgIpc) is 2.61. The molecule has 0 fully saturated rings. The number of hydrogen-bond acceptors (Lipinski definition) is 6. The first-order chi connectivity index (χ1) is 12.4. The minimum Gasteiger partial charge on any atom is -0.493 e. The van der Waals surface area contributed by atoms with Crippen LogP contribution in [-0.4, -0.2) is 24.6 Å². The molecule has 0 aliphatic heterocycles. The van der Waals surface area contributed by atoms with Gasteiger partial charge in [-0.2, -0.15) is 0 Å². The second-order valence-corrected chi connectivity index (χ2v) is 5.52. The van der Waals surface area contributed by atoms with Crippen LogP contribution in [0.15, 0.2) is 42.6 Å². The van der Waals surface area contributed by atoms with E-state index in [1.165, 1.54) is 25.3 Å². The van der Waals surface area contributed by atoms with Crippen molar-refractivity contribution in [2.45, 2.75) is 13.8 Å². The van der Waals surface area contributed by atoms with Crippen molar-refractivity contribution in [1.82, 2.24) is 0 Å². The van der Waals surface area contributed by atoms with Crippen LogP contribution in [0.2, 0.25) is 0 Å². The highest BCUT2D eigenvalue weighted by molar-refractivity contribution is 5.75. The summed E-state index contributed by atoms with van der Waals surface area (Å²) < 4.78 is 15.8. The number of carbonyl (C=O) groups excluding carboxylic acids is 1. The van der Waals surface area contributed by atoms with Gasteiger partial charge in [0.2, 0.25) is 6.20 Å². The molecular formula is C19H19NO6. The first kappa shape index (κ1) is 19.0. The Balaban J connectivity index is 2.01. The smallest absolute Gasteiger partial charge is 0.349 e. The summed E-state index contributed by atoms with van der Waals surface area (Å²) in [4.78, 5) is 21.8. The fraction of sp³-hybridized carbons (Fsp3) is 0.211. The van der Waals surface area contributed by atoms with Gasteiger partial charge in [-0.15, -0.1) is 0 Å². The van der Waals surface area contributed by atoms with Gasteiger partial charge >= 0.3 is 5.97 Å². The van der Waals surface area contributed by atoms with Crippen molar-refractivity contribution in [2.75, 3.05) is 13.7 Å². The molecule has 0 N–H and O–H groups in total. The summed E-state index contributed by atoms with van der Waals surface area (Å²) >= 11 is 0. The van der Waals surface area contributed by atoms with Crippen molar-refractivity contribution in [2.24, 2.45) is 0 Å². The summed E-state index contributed by atoms with van der Waals surface area (Å²) in [6.45, 7) is 3.69. The highest BCUT2D eigenvalue weighted by Crippen LogP contribution is 2.28. The number of nitrogens with zero attached hydrogens (tertiary/aromatic N) is 1. The Morgan fingerprint density at radius 2 is 1.88 bits per heavy atom. The second-order valence-electron chi connectivity index (χ2n) is 5.52. The molecule has 2 aromatic rings. The molecule has 0 radical (unpaired) electrons. The molecule has 0 amide bonds. The SMILES string of the molecule is COc1cc(/C=C/[N+](=O)[O-])ccc1OC(=O)COc1ccc(C)c(C)c1. The van der Waals surface area contributed by atoms with Crippen LogP contribution in [0, 0.1) is 24.0 Å². The molecule has 26 heavy (non-hydrogen) atoms. The molecule has 7 nitrogen and oxygen atoms in total. The number of rotatable bonds is 7. The third-order valence-corrected chi connectivity index (χ3v) is 3.64. The van der Waals surface area contributed by atoms with Crippen molar-refractivity contribution in [1.29, 1.82) is 0 Å². The van der Waals surface area contributed by atoms with E-state index < -0.39 is 10.9 Å². The number of nitro groups is 1. The molecule has 0 spiro atoms. The monoisotopic (exact) mass is 357 g/mol. The topological polar surface area (TPSA) is 87.9 Å². The number of methoxy groups -OCH3 is 1. The molecule has 2 rings (SSSR count). The zero-order valence-electron chi connectivity index (χ0n) is 14.7. The molecule has 7 heteroatoms. The number of carbonyl (C=O) groups is 1. The first-order valence-corrected chi connectivity index (χ1v) is 7.79. The number of aryl methyl sites for hydroxylation is 2. The van der Waals surface area contributed by atoms with Crippen LogP contribution in [0.25, 0.3) is 6.08 Å². The number of benzene rings is 2. The molecule has 0 heterocycles. The average molecular weight is 357 g/mol. The molecule has 0 aliphatic carbocycles. The molecule has 0 aromatic heterocycles. The van der Waals surface area contributed by atoms with Crippen molar-refractivity contribution >= 4 is 12.0 Å². The van der Waals surface area contributed by atoms with E-state index in [1.54, 1.807) is 12.1 Å². The fourth-order valence-electron chi connectivity index (χ4n) is 2.12. The van der Waals surface area contributed by atoms with E-state index in [2.05, 4.69) is 0 Å². The van der Waals surface area contributed by atoms with Gasteiger partial charge in [0.15, 0.2) is 18.1 Å². The molecule has 136 valence electrons. The van der Waals surface area contributed by atoms with Gasteiger partial charge in [0.25, 0.3) is 0 Å². The molecular weight excluding hydrogens is 338 g/mol. The zero-order valence-corrected chi connectivity index (χ0v) is 14.7. The first-order valence-electron chi connectivity index (χ1n) is 7.79. The predicted molar refractivity (Wildman–Crippen MR) is 96.1 cm³/mol. The van der Waals surface area contributed by atoms with E-state index in [-0.39, 0.29) is 18.1 Å². The maximum atomic E-state index is 12.0. The summed E-state index contributed by atoms with van der Waals surface area (Å²) in [7, 11) is 1.42. The molecule has 0 bridgehead atoms. The molecule has 0 saturated heterocycles. The van der Waals surface area contributed by atoms with E-state index >= 15 is 0 Å². The van der Waals surface area contributed by atoms with Crippen LogP contribution in [0.4, 0.5) is 0 Å². The molecule has 0 saturated carbocycles. The van der Waals surface area contributed by atoms with Crippen molar-refractivity contribution in [3.05, 3.63) is 69.4 Å². The Morgan fingerprint density at radius 1 is 1.12 bits per heavy atom. The van der Waals surface area contributed by atoms with Crippen molar-refractivity contribution in [3.8, 4) is 17.2 Å². The molecule has 2 aromatic carbocycles.